The highest BCUT2D eigenvalue weighted by Crippen LogP contribution is 2.41. The molecule has 0 bridgehead atoms. The van der Waals surface area contributed by atoms with Crippen molar-refractivity contribution in [2.75, 3.05) is 20.8 Å². The van der Waals surface area contributed by atoms with Gasteiger partial charge in [0.05, 0.1) is 26.1 Å². The molecule has 3 atom stereocenters. The van der Waals surface area contributed by atoms with E-state index in [-0.39, 0.29) is 23.7 Å². The quantitative estimate of drug-likeness (QED) is 0.797. The number of likely N-dealkylation sites (tertiary alicyclic amines) is 1. The van der Waals surface area contributed by atoms with Gasteiger partial charge in [-0.1, -0.05) is 13.0 Å². The molecule has 1 aliphatic heterocycles. The topological polar surface area (TPSA) is 67.9 Å². The van der Waals surface area contributed by atoms with Crippen molar-refractivity contribution in [2.45, 2.75) is 51.6 Å². The highest BCUT2D eigenvalue weighted by molar-refractivity contribution is 5.92. The summed E-state index contributed by atoms with van der Waals surface area (Å²) in [5.41, 5.74) is 0.937. The standard InChI is InChI=1S/C21H30N2O4/c1-4-15-7-5-6-10-23(15)21(25)17-12-16(17)20(24)22-13-14-8-9-18(26-2)19(11-14)27-3/h8-9,11,15-17H,4-7,10,12-13H2,1-3H3,(H,22,24). The molecular formula is C21H30N2O4. The molecule has 1 heterocycles. The number of benzene rings is 1. The lowest BCUT2D eigenvalue weighted by atomic mass is 9.99. The molecule has 27 heavy (non-hydrogen) atoms. The SMILES string of the molecule is CCC1CCCCN1C(=O)C1CC1C(=O)NCc1ccc(OC)c(OC)c1. The molecule has 0 spiro atoms. The maximum atomic E-state index is 12.8. The highest BCUT2D eigenvalue weighted by atomic mass is 16.5. The number of nitrogens with one attached hydrogen (secondary N) is 1. The summed E-state index contributed by atoms with van der Waals surface area (Å²) in [6.07, 6.45) is 5.02. The maximum Gasteiger partial charge on any atom is 0.226 e. The summed E-state index contributed by atoms with van der Waals surface area (Å²) < 4.78 is 10.5. The fourth-order valence-electron chi connectivity index (χ4n) is 4.00. The van der Waals surface area contributed by atoms with Crippen LogP contribution in [0.5, 0.6) is 11.5 Å². The summed E-state index contributed by atoms with van der Waals surface area (Å²) in [6, 6.07) is 5.93. The number of methoxy groups -OCH3 is 2. The lowest BCUT2D eigenvalue weighted by Crippen LogP contribution is -2.44. The summed E-state index contributed by atoms with van der Waals surface area (Å²) in [7, 11) is 3.18. The van der Waals surface area contributed by atoms with Crippen LogP contribution in [0.15, 0.2) is 18.2 Å². The minimum Gasteiger partial charge on any atom is -0.493 e. The summed E-state index contributed by atoms with van der Waals surface area (Å²) in [4.78, 5) is 27.3. The van der Waals surface area contributed by atoms with Crippen molar-refractivity contribution in [1.29, 1.82) is 0 Å². The van der Waals surface area contributed by atoms with Crippen molar-refractivity contribution < 1.29 is 19.1 Å². The average molecular weight is 374 g/mol. The van der Waals surface area contributed by atoms with Gasteiger partial charge in [-0.25, -0.2) is 0 Å². The number of nitrogens with zero attached hydrogens (tertiary/aromatic N) is 1. The van der Waals surface area contributed by atoms with Crippen LogP contribution in [0.3, 0.4) is 0 Å². The largest absolute Gasteiger partial charge is 0.493 e. The van der Waals surface area contributed by atoms with Crippen molar-refractivity contribution in [3.05, 3.63) is 23.8 Å². The minimum absolute atomic E-state index is 0.0341. The van der Waals surface area contributed by atoms with Gasteiger partial charge in [0.25, 0.3) is 0 Å². The number of carbonyl (C=O) groups excluding carboxylic acids is 2. The fraction of sp³-hybridized carbons (Fsp3) is 0.619. The number of amides is 2. The van der Waals surface area contributed by atoms with E-state index in [1.165, 1.54) is 6.42 Å². The molecule has 1 aliphatic carbocycles. The lowest BCUT2D eigenvalue weighted by Gasteiger charge is -2.35. The number of hydrogen-bond donors (Lipinski definition) is 1. The molecule has 0 radical (unpaired) electrons. The van der Waals surface area contributed by atoms with E-state index in [0.717, 1.165) is 31.4 Å². The lowest BCUT2D eigenvalue weighted by molar-refractivity contribution is -0.138. The summed E-state index contributed by atoms with van der Waals surface area (Å²) >= 11 is 0. The Kier molecular flexibility index (Phi) is 6.24. The number of carbonyl (C=O) groups is 2. The van der Waals surface area contributed by atoms with E-state index < -0.39 is 0 Å². The first-order valence-electron chi connectivity index (χ1n) is 9.88. The van der Waals surface area contributed by atoms with Crippen LogP contribution in [0.4, 0.5) is 0 Å². The smallest absolute Gasteiger partial charge is 0.226 e. The monoisotopic (exact) mass is 374 g/mol. The van der Waals surface area contributed by atoms with Gasteiger partial charge in [0.15, 0.2) is 11.5 Å². The molecule has 2 fully saturated rings. The minimum atomic E-state index is -0.183. The van der Waals surface area contributed by atoms with Crippen LogP contribution in [0.2, 0.25) is 0 Å². The Labute approximate surface area is 161 Å². The van der Waals surface area contributed by atoms with Gasteiger partial charge in [0.2, 0.25) is 11.8 Å². The van der Waals surface area contributed by atoms with Crippen molar-refractivity contribution in [1.82, 2.24) is 10.2 Å². The molecule has 1 N–H and O–H groups in total. The van der Waals surface area contributed by atoms with Gasteiger partial charge in [-0.15, -0.1) is 0 Å². The zero-order chi connectivity index (χ0) is 19.4. The molecule has 0 aromatic heterocycles. The molecule has 1 aromatic carbocycles. The second-order valence-electron chi connectivity index (χ2n) is 7.45. The molecule has 2 aliphatic rings. The number of piperidine rings is 1. The van der Waals surface area contributed by atoms with Crippen LogP contribution >= 0.6 is 0 Å². The van der Waals surface area contributed by atoms with Crippen molar-refractivity contribution in [3.63, 3.8) is 0 Å². The number of hydrogen-bond acceptors (Lipinski definition) is 4. The predicted octanol–water partition coefficient (Wildman–Crippen LogP) is 2.75. The van der Waals surface area contributed by atoms with Crippen LogP contribution in [-0.2, 0) is 16.1 Å². The molecule has 1 saturated carbocycles. The van der Waals surface area contributed by atoms with E-state index in [1.807, 2.05) is 23.1 Å². The van der Waals surface area contributed by atoms with Crippen LogP contribution in [-0.4, -0.2) is 43.5 Å². The molecule has 3 unspecified atom stereocenters. The normalized spacial score (nSPS) is 24.3. The van der Waals surface area contributed by atoms with Crippen LogP contribution in [0.1, 0.15) is 44.6 Å². The second kappa shape index (κ2) is 8.63. The zero-order valence-electron chi connectivity index (χ0n) is 16.5. The fourth-order valence-corrected chi connectivity index (χ4v) is 4.00. The first kappa shape index (κ1) is 19.5. The Morgan fingerprint density at radius 1 is 1.15 bits per heavy atom. The summed E-state index contributed by atoms with van der Waals surface area (Å²) in [5.74, 6) is 1.12. The average Bonchev–Trinajstić information content (AvgIpc) is 3.52. The van der Waals surface area contributed by atoms with E-state index in [1.54, 1.807) is 14.2 Å². The number of rotatable bonds is 7. The van der Waals surface area contributed by atoms with Crippen LogP contribution < -0.4 is 14.8 Å². The zero-order valence-corrected chi connectivity index (χ0v) is 16.5. The summed E-state index contributed by atoms with van der Waals surface area (Å²) in [6.45, 7) is 3.39. The highest BCUT2D eigenvalue weighted by Gasteiger charge is 2.50. The van der Waals surface area contributed by atoms with Gasteiger partial charge in [-0.05, 0) is 49.8 Å². The third-order valence-electron chi connectivity index (χ3n) is 5.74. The maximum absolute atomic E-state index is 12.8. The molecule has 6 heteroatoms. The summed E-state index contributed by atoms with van der Waals surface area (Å²) in [5, 5.41) is 2.96. The van der Waals surface area contributed by atoms with Crippen LogP contribution in [0, 0.1) is 11.8 Å². The predicted molar refractivity (Wildman–Crippen MR) is 103 cm³/mol. The Balaban J connectivity index is 1.52. The third kappa shape index (κ3) is 4.37. The van der Waals surface area contributed by atoms with Crippen molar-refractivity contribution >= 4 is 11.8 Å². The van der Waals surface area contributed by atoms with Gasteiger partial charge in [0, 0.05) is 19.1 Å². The molecule has 6 nitrogen and oxygen atoms in total. The molecule has 3 rings (SSSR count). The Bertz CT molecular complexity index is 691. The molecule has 1 aromatic rings. The van der Waals surface area contributed by atoms with Gasteiger partial charge < -0.3 is 19.7 Å². The Hall–Kier alpha value is -2.24. The van der Waals surface area contributed by atoms with Gasteiger partial charge in [-0.3, -0.25) is 9.59 Å². The molecular weight excluding hydrogens is 344 g/mol. The first-order valence-corrected chi connectivity index (χ1v) is 9.88. The Morgan fingerprint density at radius 3 is 2.63 bits per heavy atom. The molecule has 148 valence electrons. The van der Waals surface area contributed by atoms with Crippen molar-refractivity contribution in [2.24, 2.45) is 11.8 Å². The van der Waals surface area contributed by atoms with E-state index in [0.29, 0.717) is 30.5 Å². The Morgan fingerprint density at radius 2 is 1.93 bits per heavy atom. The van der Waals surface area contributed by atoms with E-state index in [4.69, 9.17) is 9.47 Å². The van der Waals surface area contributed by atoms with Gasteiger partial charge in [-0.2, -0.15) is 0 Å². The van der Waals surface area contributed by atoms with Crippen LogP contribution in [0.25, 0.3) is 0 Å². The van der Waals surface area contributed by atoms with E-state index in [9.17, 15) is 9.59 Å². The van der Waals surface area contributed by atoms with E-state index in [2.05, 4.69) is 12.2 Å². The number of ether oxygens (including phenoxy) is 2. The van der Waals surface area contributed by atoms with Crippen molar-refractivity contribution in [3.8, 4) is 11.5 Å². The molecule has 2 amide bonds. The first-order chi connectivity index (χ1) is 13.1. The van der Waals surface area contributed by atoms with Gasteiger partial charge >= 0.3 is 0 Å². The second-order valence-corrected chi connectivity index (χ2v) is 7.45. The molecule has 1 saturated heterocycles. The van der Waals surface area contributed by atoms with Gasteiger partial charge in [0.1, 0.15) is 0 Å². The van der Waals surface area contributed by atoms with E-state index >= 15 is 0 Å². The third-order valence-corrected chi connectivity index (χ3v) is 5.74.